The van der Waals surface area contributed by atoms with E-state index in [1.807, 2.05) is 54.3 Å². The fourth-order valence-corrected chi connectivity index (χ4v) is 3.27. The summed E-state index contributed by atoms with van der Waals surface area (Å²) in [7, 11) is 1.64. The highest BCUT2D eigenvalue weighted by atomic mass is 16.5. The Kier molecular flexibility index (Phi) is 4.86. The van der Waals surface area contributed by atoms with Crippen molar-refractivity contribution >= 4 is 11.6 Å². The summed E-state index contributed by atoms with van der Waals surface area (Å²) >= 11 is 0. The molecule has 1 aliphatic rings. The number of nitrogens with zero attached hydrogens (tertiary/aromatic N) is 1. The third-order valence-electron chi connectivity index (χ3n) is 4.61. The van der Waals surface area contributed by atoms with Crippen molar-refractivity contribution in [1.29, 1.82) is 0 Å². The van der Waals surface area contributed by atoms with Crippen LogP contribution in [0.5, 0.6) is 5.75 Å². The molecule has 1 unspecified atom stereocenters. The second kappa shape index (κ2) is 7.05. The average Bonchev–Trinajstić information content (AvgIpc) is 2.61. The first-order valence-electron chi connectivity index (χ1n) is 8.31. The van der Waals surface area contributed by atoms with Crippen molar-refractivity contribution in [2.45, 2.75) is 32.3 Å². The van der Waals surface area contributed by atoms with Crippen LogP contribution >= 0.6 is 0 Å². The summed E-state index contributed by atoms with van der Waals surface area (Å²) in [5.41, 5.74) is 3.89. The topological polar surface area (TPSA) is 49.8 Å². The first-order chi connectivity index (χ1) is 11.6. The number of hydrogen-bond acceptors (Lipinski definition) is 3. The molecule has 4 nitrogen and oxygen atoms in total. The molecule has 2 aromatic carbocycles. The van der Waals surface area contributed by atoms with Crippen molar-refractivity contribution in [1.82, 2.24) is 0 Å². The summed E-state index contributed by atoms with van der Waals surface area (Å²) in [4.78, 5) is 14.6. The number of fused-ring (bicyclic) bond motifs is 1. The monoisotopic (exact) mass is 325 g/mol. The molecule has 0 saturated carbocycles. The van der Waals surface area contributed by atoms with Crippen LogP contribution in [0, 0.1) is 6.92 Å². The van der Waals surface area contributed by atoms with Crippen molar-refractivity contribution in [3.8, 4) is 5.75 Å². The Hall–Kier alpha value is -2.33. The Morgan fingerprint density at radius 1 is 1.25 bits per heavy atom. The Morgan fingerprint density at radius 3 is 2.71 bits per heavy atom. The van der Waals surface area contributed by atoms with Gasteiger partial charge in [-0.15, -0.1) is 0 Å². The maximum absolute atomic E-state index is 12.7. The lowest BCUT2D eigenvalue weighted by Crippen LogP contribution is -2.37. The van der Waals surface area contributed by atoms with Crippen LogP contribution in [-0.2, 0) is 11.2 Å². The van der Waals surface area contributed by atoms with Crippen LogP contribution in [0.4, 0.5) is 5.69 Å². The number of aryl methyl sites for hydroxylation is 2. The van der Waals surface area contributed by atoms with Gasteiger partial charge in [-0.25, -0.2) is 0 Å². The fraction of sp³-hybridized carbons (Fsp3) is 0.350. The molecule has 0 bridgehead atoms. The quantitative estimate of drug-likeness (QED) is 0.937. The molecule has 1 atom stereocenters. The van der Waals surface area contributed by atoms with Gasteiger partial charge in [0.1, 0.15) is 5.75 Å². The smallest absolute Gasteiger partial charge is 0.227 e. The van der Waals surface area contributed by atoms with Crippen LogP contribution in [0.1, 0.15) is 35.6 Å². The molecule has 0 aliphatic carbocycles. The van der Waals surface area contributed by atoms with Crippen molar-refractivity contribution in [2.24, 2.45) is 0 Å². The first kappa shape index (κ1) is 16.5. The highest BCUT2D eigenvalue weighted by molar-refractivity contribution is 5.95. The van der Waals surface area contributed by atoms with Gasteiger partial charge in [0.15, 0.2) is 0 Å². The number of carbonyl (C=O) groups excluding carboxylic acids is 1. The van der Waals surface area contributed by atoms with E-state index in [1.165, 1.54) is 0 Å². The highest BCUT2D eigenvalue weighted by Gasteiger charge is 2.28. The number of carbonyl (C=O) groups is 1. The third kappa shape index (κ3) is 3.29. The van der Waals surface area contributed by atoms with Gasteiger partial charge in [0.2, 0.25) is 5.91 Å². The number of aliphatic hydroxyl groups excluding tert-OH is 1. The summed E-state index contributed by atoms with van der Waals surface area (Å²) in [5, 5.41) is 10.2. The summed E-state index contributed by atoms with van der Waals surface area (Å²) < 4.78 is 5.15. The number of hydrogen-bond donors (Lipinski definition) is 1. The molecule has 1 heterocycles. The number of amides is 1. The molecule has 1 aliphatic heterocycles. The van der Waals surface area contributed by atoms with Gasteiger partial charge in [0, 0.05) is 18.5 Å². The van der Waals surface area contributed by atoms with Crippen molar-refractivity contribution < 1.29 is 14.6 Å². The minimum atomic E-state index is -0.481. The van der Waals surface area contributed by atoms with Crippen LogP contribution < -0.4 is 9.64 Å². The molecule has 0 spiro atoms. The van der Waals surface area contributed by atoms with E-state index in [1.54, 1.807) is 7.11 Å². The number of methoxy groups -OCH3 is 1. The van der Waals surface area contributed by atoms with E-state index in [0.29, 0.717) is 25.8 Å². The zero-order valence-corrected chi connectivity index (χ0v) is 14.2. The number of anilines is 1. The molecule has 0 radical (unpaired) electrons. The Labute approximate surface area is 142 Å². The van der Waals surface area contributed by atoms with E-state index >= 15 is 0 Å². The summed E-state index contributed by atoms with van der Waals surface area (Å²) in [5.74, 6) is 0.924. The fourth-order valence-electron chi connectivity index (χ4n) is 3.27. The van der Waals surface area contributed by atoms with Crippen LogP contribution in [0.2, 0.25) is 0 Å². The second-order valence-corrected chi connectivity index (χ2v) is 6.21. The zero-order valence-electron chi connectivity index (χ0n) is 14.2. The molecule has 0 saturated heterocycles. The number of ether oxygens (including phenoxy) is 1. The molecular formula is C20H23NO3. The van der Waals surface area contributed by atoms with E-state index in [4.69, 9.17) is 4.74 Å². The van der Waals surface area contributed by atoms with Gasteiger partial charge in [0.05, 0.1) is 18.9 Å². The van der Waals surface area contributed by atoms with E-state index in [9.17, 15) is 9.90 Å². The molecule has 2 aromatic rings. The number of benzene rings is 2. The van der Waals surface area contributed by atoms with E-state index in [0.717, 1.165) is 28.1 Å². The summed E-state index contributed by atoms with van der Waals surface area (Å²) in [6, 6.07) is 13.6. The number of para-hydroxylation sites is 1. The van der Waals surface area contributed by atoms with Crippen LogP contribution in [0.25, 0.3) is 0 Å². The summed E-state index contributed by atoms with van der Waals surface area (Å²) in [6.07, 6.45) is 1.26. The Bertz CT molecular complexity index is 724. The third-order valence-corrected chi connectivity index (χ3v) is 4.61. The molecule has 0 fully saturated rings. The zero-order chi connectivity index (χ0) is 17.1. The Morgan fingerprint density at radius 2 is 2.00 bits per heavy atom. The lowest BCUT2D eigenvalue weighted by molar-refractivity contribution is -0.118. The van der Waals surface area contributed by atoms with Gasteiger partial charge in [-0.05, 0) is 43.0 Å². The Balaban J connectivity index is 1.73. The van der Waals surface area contributed by atoms with Gasteiger partial charge >= 0.3 is 0 Å². The van der Waals surface area contributed by atoms with Gasteiger partial charge in [0.25, 0.3) is 0 Å². The van der Waals surface area contributed by atoms with Crippen molar-refractivity contribution in [3.63, 3.8) is 0 Å². The largest absolute Gasteiger partial charge is 0.497 e. The molecule has 1 amide bonds. The normalized spacial score (nSPS) is 16.6. The second-order valence-electron chi connectivity index (χ2n) is 6.21. The minimum absolute atomic E-state index is 0.105. The molecule has 3 rings (SSSR count). The van der Waals surface area contributed by atoms with Crippen molar-refractivity contribution in [3.05, 3.63) is 59.2 Å². The molecular weight excluding hydrogens is 302 g/mol. The number of rotatable bonds is 4. The summed E-state index contributed by atoms with van der Waals surface area (Å²) in [6.45, 7) is 2.56. The lowest BCUT2D eigenvalue weighted by Gasteiger charge is -2.33. The highest BCUT2D eigenvalue weighted by Crippen LogP contribution is 2.36. The first-order valence-corrected chi connectivity index (χ1v) is 8.31. The molecule has 1 N–H and O–H groups in total. The molecule has 24 heavy (non-hydrogen) atoms. The predicted molar refractivity (Wildman–Crippen MR) is 94.4 cm³/mol. The predicted octanol–water partition coefficient (Wildman–Crippen LogP) is 3.41. The molecule has 126 valence electrons. The minimum Gasteiger partial charge on any atom is -0.497 e. The van der Waals surface area contributed by atoms with E-state index < -0.39 is 6.10 Å². The van der Waals surface area contributed by atoms with Gasteiger partial charge < -0.3 is 14.7 Å². The maximum Gasteiger partial charge on any atom is 0.227 e. The van der Waals surface area contributed by atoms with Gasteiger partial charge in [-0.3, -0.25) is 4.79 Å². The average molecular weight is 325 g/mol. The lowest BCUT2D eigenvalue weighted by atomic mass is 9.95. The standard InChI is InChI=1S/C20H23NO3/c1-14-4-3-5-17-18(22)12-13-21(20(14)17)19(23)11-8-15-6-9-16(24-2)10-7-15/h3-7,9-10,18,22H,8,11-13H2,1-2H3. The number of aliphatic hydroxyl groups is 1. The van der Waals surface area contributed by atoms with E-state index in [-0.39, 0.29) is 5.91 Å². The van der Waals surface area contributed by atoms with E-state index in [2.05, 4.69) is 0 Å². The van der Waals surface area contributed by atoms with Crippen LogP contribution in [0.15, 0.2) is 42.5 Å². The van der Waals surface area contributed by atoms with Crippen LogP contribution in [0.3, 0.4) is 0 Å². The van der Waals surface area contributed by atoms with Gasteiger partial charge in [-0.2, -0.15) is 0 Å². The maximum atomic E-state index is 12.7. The SMILES string of the molecule is COc1ccc(CCC(=O)N2CCC(O)c3cccc(C)c32)cc1. The van der Waals surface area contributed by atoms with Crippen LogP contribution in [-0.4, -0.2) is 24.7 Å². The van der Waals surface area contributed by atoms with Gasteiger partial charge in [-0.1, -0.05) is 30.3 Å². The molecule has 0 aromatic heterocycles. The van der Waals surface area contributed by atoms with Crippen molar-refractivity contribution in [2.75, 3.05) is 18.6 Å². The molecule has 4 heteroatoms.